The van der Waals surface area contributed by atoms with E-state index in [0.29, 0.717) is 18.5 Å². The van der Waals surface area contributed by atoms with E-state index in [9.17, 15) is 18.0 Å². The zero-order valence-electron chi connectivity index (χ0n) is 12.0. The van der Waals surface area contributed by atoms with E-state index in [-0.39, 0.29) is 17.9 Å². The monoisotopic (exact) mass is 304 g/mol. The summed E-state index contributed by atoms with van der Waals surface area (Å²) in [6.45, 7) is 0.641. The number of amides is 1. The lowest BCUT2D eigenvalue weighted by Crippen LogP contribution is -2.39. The first-order chi connectivity index (χ1) is 9.78. The van der Waals surface area contributed by atoms with Crippen molar-refractivity contribution in [1.82, 2.24) is 4.90 Å². The quantitative estimate of drug-likeness (QED) is 0.822. The fourth-order valence-electron chi connectivity index (χ4n) is 1.84. The molecule has 0 spiro atoms. The van der Waals surface area contributed by atoms with Crippen molar-refractivity contribution in [3.63, 3.8) is 0 Å². The van der Waals surface area contributed by atoms with E-state index in [2.05, 4.69) is 0 Å². The molecule has 0 heterocycles. The lowest BCUT2D eigenvalue weighted by molar-refractivity contribution is -0.140. The zero-order valence-corrected chi connectivity index (χ0v) is 12.0. The number of hydrogen-bond acceptors (Lipinski definition) is 3. The Balaban J connectivity index is 2.98. The molecule has 1 amide bonds. The van der Waals surface area contributed by atoms with Gasteiger partial charge in [-0.05, 0) is 24.6 Å². The third kappa shape index (κ3) is 5.17. The van der Waals surface area contributed by atoms with Crippen LogP contribution in [0.15, 0.2) is 18.2 Å². The van der Waals surface area contributed by atoms with Crippen LogP contribution < -0.4 is 10.5 Å². The summed E-state index contributed by atoms with van der Waals surface area (Å²) in [5, 5.41) is 0. The summed E-state index contributed by atoms with van der Waals surface area (Å²) in [6.07, 6.45) is -3.22. The van der Waals surface area contributed by atoms with Gasteiger partial charge in [0, 0.05) is 12.1 Å². The molecule has 1 rings (SSSR count). The molecule has 0 saturated heterocycles. The van der Waals surface area contributed by atoms with Crippen LogP contribution in [0.4, 0.5) is 18.9 Å². The fraction of sp³-hybridized carbons (Fsp3) is 0.500. The van der Waals surface area contributed by atoms with Crippen LogP contribution in [0.25, 0.3) is 0 Å². The fourth-order valence-corrected chi connectivity index (χ4v) is 1.84. The number of carbonyl (C=O) groups is 1. The number of methoxy groups -OCH3 is 1. The van der Waals surface area contributed by atoms with Crippen molar-refractivity contribution in [2.45, 2.75) is 25.9 Å². The van der Waals surface area contributed by atoms with Crippen LogP contribution in [0.5, 0.6) is 5.75 Å². The Labute approximate surface area is 121 Å². The summed E-state index contributed by atoms with van der Waals surface area (Å²) in [6, 6.07) is 4.19. The number of rotatable bonds is 6. The summed E-state index contributed by atoms with van der Waals surface area (Å²) in [7, 11) is 1.38. The van der Waals surface area contributed by atoms with Gasteiger partial charge in [0.05, 0.1) is 12.8 Å². The molecular formula is C14H19F3N2O2. The molecule has 1 aromatic carbocycles. The van der Waals surface area contributed by atoms with Crippen molar-refractivity contribution in [2.75, 3.05) is 25.9 Å². The molecule has 1 aromatic rings. The minimum atomic E-state index is -4.43. The molecule has 0 radical (unpaired) electrons. The molecule has 0 unspecified atom stereocenters. The van der Waals surface area contributed by atoms with Gasteiger partial charge in [-0.15, -0.1) is 0 Å². The number of hydrogen-bond donors (Lipinski definition) is 1. The van der Waals surface area contributed by atoms with Crippen LogP contribution >= 0.6 is 0 Å². The number of unbranched alkanes of at least 4 members (excludes halogenated alkanes) is 1. The highest BCUT2D eigenvalue weighted by atomic mass is 19.4. The average molecular weight is 304 g/mol. The Morgan fingerprint density at radius 1 is 1.38 bits per heavy atom. The Kier molecular flexibility index (Phi) is 5.87. The van der Waals surface area contributed by atoms with E-state index in [1.165, 1.54) is 25.3 Å². The molecule has 0 saturated carbocycles. The van der Waals surface area contributed by atoms with Crippen molar-refractivity contribution in [3.05, 3.63) is 23.8 Å². The first kappa shape index (κ1) is 17.1. The van der Waals surface area contributed by atoms with Crippen LogP contribution in [0.2, 0.25) is 0 Å². The lowest BCUT2D eigenvalue weighted by atomic mass is 10.1. The highest BCUT2D eigenvalue weighted by Gasteiger charge is 2.33. The Morgan fingerprint density at radius 3 is 2.57 bits per heavy atom. The number of ether oxygens (including phenoxy) is 1. The standard InChI is InChI=1S/C14H19F3N2O2/c1-3-4-7-19(9-14(15,16)17)13(20)10-5-6-11(18)12(8-10)21-2/h5-6,8H,3-4,7,9,18H2,1-2H3. The number of benzene rings is 1. The van der Waals surface area contributed by atoms with E-state index >= 15 is 0 Å². The van der Waals surface area contributed by atoms with Crippen LogP contribution in [0.3, 0.4) is 0 Å². The molecule has 0 aliphatic carbocycles. The maximum atomic E-state index is 12.6. The second-order valence-corrected chi connectivity index (χ2v) is 4.65. The first-order valence-corrected chi connectivity index (χ1v) is 6.58. The molecule has 0 atom stereocenters. The van der Waals surface area contributed by atoms with E-state index in [1.54, 1.807) is 0 Å². The van der Waals surface area contributed by atoms with Gasteiger partial charge in [-0.3, -0.25) is 4.79 Å². The topological polar surface area (TPSA) is 55.6 Å². The van der Waals surface area contributed by atoms with Gasteiger partial charge >= 0.3 is 6.18 Å². The molecule has 118 valence electrons. The molecule has 7 heteroatoms. The number of carbonyl (C=O) groups excluding carboxylic acids is 1. The maximum absolute atomic E-state index is 12.6. The number of nitrogens with zero attached hydrogens (tertiary/aromatic N) is 1. The van der Waals surface area contributed by atoms with Gasteiger partial charge in [-0.2, -0.15) is 13.2 Å². The molecule has 0 aromatic heterocycles. The minimum absolute atomic E-state index is 0.0571. The van der Waals surface area contributed by atoms with E-state index < -0.39 is 18.6 Å². The van der Waals surface area contributed by atoms with Crippen LogP contribution in [0.1, 0.15) is 30.1 Å². The predicted molar refractivity (Wildman–Crippen MR) is 74.3 cm³/mol. The molecule has 21 heavy (non-hydrogen) atoms. The summed E-state index contributed by atoms with van der Waals surface area (Å²) < 4.78 is 42.7. The van der Waals surface area contributed by atoms with Crippen LogP contribution in [-0.4, -0.2) is 37.2 Å². The average Bonchev–Trinajstić information content (AvgIpc) is 2.42. The Bertz CT molecular complexity index is 490. The van der Waals surface area contributed by atoms with Crippen LogP contribution in [-0.2, 0) is 0 Å². The molecular weight excluding hydrogens is 285 g/mol. The van der Waals surface area contributed by atoms with Gasteiger partial charge in [0.2, 0.25) is 0 Å². The highest BCUT2D eigenvalue weighted by molar-refractivity contribution is 5.95. The van der Waals surface area contributed by atoms with Crippen LogP contribution in [0, 0.1) is 0 Å². The summed E-state index contributed by atoms with van der Waals surface area (Å²) in [5.74, 6) is -0.414. The van der Waals surface area contributed by atoms with Gasteiger partial charge < -0.3 is 15.4 Å². The zero-order chi connectivity index (χ0) is 16.0. The predicted octanol–water partition coefficient (Wildman–Crippen LogP) is 3.08. The van der Waals surface area contributed by atoms with E-state index in [1.807, 2.05) is 6.92 Å². The number of halogens is 3. The highest BCUT2D eigenvalue weighted by Crippen LogP contribution is 2.24. The second kappa shape index (κ2) is 7.19. The number of nitrogen functional groups attached to an aromatic ring is 1. The SMILES string of the molecule is CCCCN(CC(F)(F)F)C(=O)c1ccc(N)c(OC)c1. The van der Waals surface area contributed by atoms with Crippen molar-refractivity contribution in [3.8, 4) is 5.75 Å². The lowest BCUT2D eigenvalue weighted by Gasteiger charge is -2.24. The Hall–Kier alpha value is -1.92. The Morgan fingerprint density at radius 2 is 2.05 bits per heavy atom. The third-order valence-corrected chi connectivity index (χ3v) is 2.92. The summed E-state index contributed by atoms with van der Waals surface area (Å²) >= 11 is 0. The molecule has 0 fully saturated rings. The third-order valence-electron chi connectivity index (χ3n) is 2.92. The van der Waals surface area contributed by atoms with Gasteiger partial charge in [0.25, 0.3) is 5.91 Å². The number of alkyl halides is 3. The summed E-state index contributed by atoms with van der Waals surface area (Å²) in [5.41, 5.74) is 6.08. The molecule has 0 aliphatic heterocycles. The van der Waals surface area contributed by atoms with Crippen molar-refractivity contribution < 1.29 is 22.7 Å². The number of nitrogens with two attached hydrogens (primary N) is 1. The van der Waals surface area contributed by atoms with Crippen molar-refractivity contribution in [1.29, 1.82) is 0 Å². The van der Waals surface area contributed by atoms with Crippen molar-refractivity contribution >= 4 is 11.6 Å². The largest absolute Gasteiger partial charge is 0.495 e. The van der Waals surface area contributed by atoms with E-state index in [4.69, 9.17) is 10.5 Å². The maximum Gasteiger partial charge on any atom is 0.406 e. The molecule has 4 nitrogen and oxygen atoms in total. The minimum Gasteiger partial charge on any atom is -0.495 e. The first-order valence-electron chi connectivity index (χ1n) is 6.58. The number of anilines is 1. The second-order valence-electron chi connectivity index (χ2n) is 4.65. The van der Waals surface area contributed by atoms with Gasteiger partial charge in [-0.1, -0.05) is 13.3 Å². The molecule has 2 N–H and O–H groups in total. The summed E-state index contributed by atoms with van der Waals surface area (Å²) in [4.78, 5) is 13.0. The normalized spacial score (nSPS) is 11.3. The molecule has 0 bridgehead atoms. The van der Waals surface area contributed by atoms with Gasteiger partial charge in [-0.25, -0.2) is 0 Å². The molecule has 0 aliphatic rings. The van der Waals surface area contributed by atoms with Gasteiger partial charge in [0.1, 0.15) is 12.3 Å². The van der Waals surface area contributed by atoms with E-state index in [0.717, 1.165) is 4.90 Å². The van der Waals surface area contributed by atoms with Crippen molar-refractivity contribution in [2.24, 2.45) is 0 Å². The van der Waals surface area contributed by atoms with Gasteiger partial charge in [0.15, 0.2) is 0 Å². The smallest absolute Gasteiger partial charge is 0.406 e.